The van der Waals surface area contributed by atoms with Crippen LogP contribution in [0.5, 0.6) is 0 Å². The fourth-order valence-corrected chi connectivity index (χ4v) is 4.60. The molecule has 1 aliphatic rings. The largest absolute Gasteiger partial charge is 0.354 e. The van der Waals surface area contributed by atoms with E-state index < -0.39 is 0 Å². The number of benzene rings is 1. The van der Waals surface area contributed by atoms with E-state index in [1.54, 1.807) is 4.52 Å². The van der Waals surface area contributed by atoms with Crippen LogP contribution in [0.25, 0.3) is 27.8 Å². The van der Waals surface area contributed by atoms with Crippen LogP contribution in [-0.2, 0) is 0 Å². The molecule has 0 atom stereocenters. The van der Waals surface area contributed by atoms with Gasteiger partial charge in [-0.2, -0.15) is 4.52 Å². The number of aromatic amines is 1. The zero-order valence-electron chi connectivity index (χ0n) is 16.7. The molecule has 6 nitrogen and oxygen atoms in total. The first-order valence-electron chi connectivity index (χ1n) is 10.2. The highest BCUT2D eigenvalue weighted by atomic mass is 15.5. The van der Waals surface area contributed by atoms with Crippen molar-refractivity contribution in [1.29, 1.82) is 0 Å². The minimum Gasteiger partial charge on any atom is -0.354 e. The number of aromatic nitrogens is 5. The Morgan fingerprint density at radius 2 is 1.96 bits per heavy atom. The first-order chi connectivity index (χ1) is 13.6. The molecular weight excluding hydrogens is 348 g/mol. The third-order valence-corrected chi connectivity index (χ3v) is 6.06. The molecule has 5 rings (SSSR count). The average molecular weight is 374 g/mol. The lowest BCUT2D eigenvalue weighted by molar-refractivity contribution is 0.460. The van der Waals surface area contributed by atoms with Gasteiger partial charge in [-0.1, -0.05) is 19.9 Å². The Balaban J connectivity index is 1.69. The topological polar surface area (TPSA) is 70.9 Å². The van der Waals surface area contributed by atoms with Crippen molar-refractivity contribution in [3.63, 3.8) is 0 Å². The van der Waals surface area contributed by atoms with Crippen molar-refractivity contribution >= 4 is 16.6 Å². The SMILES string of the molecule is Cc1cc2nnnn2cc1-c1[nH]c2ccc(C3CCNCC3)cc2c1C(C)C. The number of hydrogen-bond acceptors (Lipinski definition) is 4. The highest BCUT2D eigenvalue weighted by Gasteiger charge is 2.21. The number of hydrogen-bond donors (Lipinski definition) is 2. The summed E-state index contributed by atoms with van der Waals surface area (Å²) in [4.78, 5) is 3.70. The van der Waals surface area contributed by atoms with Crippen molar-refractivity contribution in [2.75, 3.05) is 13.1 Å². The van der Waals surface area contributed by atoms with E-state index in [0.717, 1.165) is 24.3 Å². The second kappa shape index (κ2) is 6.71. The molecule has 0 saturated carbocycles. The molecule has 2 N–H and O–H groups in total. The van der Waals surface area contributed by atoms with Crippen molar-refractivity contribution < 1.29 is 0 Å². The Bertz CT molecular complexity index is 1150. The molecule has 0 radical (unpaired) electrons. The molecule has 1 fully saturated rings. The summed E-state index contributed by atoms with van der Waals surface area (Å²) in [7, 11) is 0. The van der Waals surface area contributed by atoms with Gasteiger partial charge in [0, 0.05) is 22.7 Å². The van der Waals surface area contributed by atoms with Crippen LogP contribution >= 0.6 is 0 Å². The number of pyridine rings is 1. The first kappa shape index (κ1) is 17.4. The lowest BCUT2D eigenvalue weighted by Crippen LogP contribution is -2.26. The normalized spacial score (nSPS) is 15.9. The maximum Gasteiger partial charge on any atom is 0.179 e. The number of piperidine rings is 1. The van der Waals surface area contributed by atoms with Gasteiger partial charge in [-0.3, -0.25) is 0 Å². The van der Waals surface area contributed by atoms with E-state index in [1.807, 2.05) is 12.3 Å². The molecule has 0 amide bonds. The molecule has 4 aromatic rings. The van der Waals surface area contributed by atoms with Crippen LogP contribution in [0.1, 0.15) is 55.2 Å². The predicted octanol–water partition coefficient (Wildman–Crippen LogP) is 4.17. The number of tetrazole rings is 1. The molecule has 0 bridgehead atoms. The molecule has 144 valence electrons. The Morgan fingerprint density at radius 3 is 2.75 bits per heavy atom. The van der Waals surface area contributed by atoms with Gasteiger partial charge < -0.3 is 10.3 Å². The fourth-order valence-electron chi connectivity index (χ4n) is 4.60. The van der Waals surface area contributed by atoms with Crippen molar-refractivity contribution in [1.82, 2.24) is 30.3 Å². The van der Waals surface area contributed by atoms with Crippen LogP contribution in [-0.4, -0.2) is 38.1 Å². The zero-order chi connectivity index (χ0) is 19.3. The summed E-state index contributed by atoms with van der Waals surface area (Å²) in [6.07, 6.45) is 4.47. The standard InChI is InChI=1S/C22H26N6/c1-13(2)21-17-11-16(15-6-8-23-9-7-15)4-5-19(17)24-22(21)18-12-28-20(10-14(18)3)25-26-27-28/h4-5,10-13,15,23-24H,6-9H2,1-3H3. The van der Waals surface area contributed by atoms with Gasteiger partial charge in [-0.05, 0) is 90.0 Å². The number of fused-ring (bicyclic) bond motifs is 2. The van der Waals surface area contributed by atoms with Crippen LogP contribution in [0.3, 0.4) is 0 Å². The highest BCUT2D eigenvalue weighted by molar-refractivity contribution is 5.92. The minimum atomic E-state index is 0.413. The summed E-state index contributed by atoms with van der Waals surface area (Å²) in [6, 6.07) is 9.03. The zero-order valence-corrected chi connectivity index (χ0v) is 16.7. The lowest BCUT2D eigenvalue weighted by Gasteiger charge is -2.23. The molecule has 4 heterocycles. The van der Waals surface area contributed by atoms with Crippen LogP contribution in [0.2, 0.25) is 0 Å². The Hall–Kier alpha value is -2.73. The summed E-state index contributed by atoms with van der Waals surface area (Å²) in [5.74, 6) is 1.07. The van der Waals surface area contributed by atoms with Crippen molar-refractivity contribution in [3.8, 4) is 11.3 Å². The highest BCUT2D eigenvalue weighted by Crippen LogP contribution is 2.38. The van der Waals surface area contributed by atoms with Gasteiger partial charge in [0.05, 0.1) is 5.69 Å². The van der Waals surface area contributed by atoms with Crippen LogP contribution in [0, 0.1) is 6.92 Å². The molecule has 6 heteroatoms. The van der Waals surface area contributed by atoms with Crippen molar-refractivity contribution in [2.24, 2.45) is 0 Å². The summed E-state index contributed by atoms with van der Waals surface area (Å²) in [5.41, 5.74) is 8.33. The van der Waals surface area contributed by atoms with E-state index >= 15 is 0 Å². The molecular formula is C22H26N6. The van der Waals surface area contributed by atoms with Gasteiger partial charge in [-0.15, -0.1) is 5.10 Å². The second-order valence-electron chi connectivity index (χ2n) is 8.25. The number of nitrogens with one attached hydrogen (secondary N) is 2. The summed E-state index contributed by atoms with van der Waals surface area (Å²) < 4.78 is 1.75. The van der Waals surface area contributed by atoms with E-state index in [0.29, 0.717) is 11.8 Å². The van der Waals surface area contributed by atoms with E-state index in [-0.39, 0.29) is 0 Å². The Kier molecular flexibility index (Phi) is 4.16. The van der Waals surface area contributed by atoms with Crippen LogP contribution in [0.4, 0.5) is 0 Å². The van der Waals surface area contributed by atoms with Gasteiger partial charge in [0.1, 0.15) is 0 Å². The van der Waals surface area contributed by atoms with E-state index in [1.165, 1.54) is 46.1 Å². The van der Waals surface area contributed by atoms with Crippen LogP contribution in [0.15, 0.2) is 30.5 Å². The van der Waals surface area contributed by atoms with Gasteiger partial charge in [0.25, 0.3) is 0 Å². The smallest absolute Gasteiger partial charge is 0.179 e. The van der Waals surface area contributed by atoms with E-state index in [4.69, 9.17) is 0 Å². The molecule has 0 spiro atoms. The minimum absolute atomic E-state index is 0.413. The molecule has 1 saturated heterocycles. The molecule has 3 aromatic heterocycles. The number of rotatable bonds is 3. The molecule has 1 aliphatic heterocycles. The predicted molar refractivity (Wildman–Crippen MR) is 112 cm³/mol. The van der Waals surface area contributed by atoms with E-state index in [2.05, 4.69) is 64.8 Å². The lowest BCUT2D eigenvalue weighted by atomic mass is 9.88. The fraction of sp³-hybridized carbons (Fsp3) is 0.409. The second-order valence-corrected chi connectivity index (χ2v) is 8.25. The number of nitrogens with zero attached hydrogens (tertiary/aromatic N) is 4. The Morgan fingerprint density at radius 1 is 1.14 bits per heavy atom. The summed E-state index contributed by atoms with van der Waals surface area (Å²) in [6.45, 7) is 8.90. The number of aryl methyl sites for hydroxylation is 1. The monoisotopic (exact) mass is 374 g/mol. The third-order valence-electron chi connectivity index (χ3n) is 6.06. The quantitative estimate of drug-likeness (QED) is 0.565. The van der Waals surface area contributed by atoms with Gasteiger partial charge >= 0.3 is 0 Å². The van der Waals surface area contributed by atoms with Gasteiger partial charge in [0.2, 0.25) is 0 Å². The van der Waals surface area contributed by atoms with Crippen molar-refractivity contribution in [3.05, 3.63) is 47.2 Å². The third kappa shape index (κ3) is 2.79. The Labute approximate surface area is 164 Å². The average Bonchev–Trinajstić information content (AvgIpc) is 3.30. The van der Waals surface area contributed by atoms with Gasteiger partial charge in [0.15, 0.2) is 5.65 Å². The summed E-state index contributed by atoms with van der Waals surface area (Å²) in [5, 5.41) is 16.8. The maximum atomic E-state index is 4.09. The summed E-state index contributed by atoms with van der Waals surface area (Å²) >= 11 is 0. The number of H-pyrrole nitrogens is 1. The van der Waals surface area contributed by atoms with E-state index in [9.17, 15) is 0 Å². The molecule has 0 aliphatic carbocycles. The first-order valence-corrected chi connectivity index (χ1v) is 10.2. The molecule has 28 heavy (non-hydrogen) atoms. The van der Waals surface area contributed by atoms with Gasteiger partial charge in [-0.25, -0.2) is 0 Å². The molecule has 1 aromatic carbocycles. The van der Waals surface area contributed by atoms with Crippen LogP contribution < -0.4 is 5.32 Å². The molecule has 0 unspecified atom stereocenters. The van der Waals surface area contributed by atoms with Crippen molar-refractivity contribution in [2.45, 2.75) is 45.4 Å². The maximum absolute atomic E-state index is 4.09.